The van der Waals surface area contributed by atoms with E-state index in [4.69, 9.17) is 21.3 Å². The lowest BCUT2D eigenvalue weighted by atomic mass is 10.2. The normalized spacial score (nSPS) is 8.96. The lowest BCUT2D eigenvalue weighted by molar-refractivity contribution is -0.143. The summed E-state index contributed by atoms with van der Waals surface area (Å²) in [5, 5.41) is 8.06. The SMILES string of the molecule is C/C=C/COC(=O)CCC(=O)CN.Cl.Cl.NCC(=O)CCC(=O)O. The molecule has 0 aromatic heterocycles. The van der Waals surface area contributed by atoms with E-state index in [-0.39, 0.29) is 87.7 Å². The Morgan fingerprint density at radius 1 is 0.917 bits per heavy atom. The van der Waals surface area contributed by atoms with Crippen molar-refractivity contribution in [3.05, 3.63) is 12.2 Å². The van der Waals surface area contributed by atoms with Gasteiger partial charge >= 0.3 is 11.9 Å². The van der Waals surface area contributed by atoms with Crippen LogP contribution >= 0.6 is 24.8 Å². The van der Waals surface area contributed by atoms with Crippen LogP contribution in [0.5, 0.6) is 0 Å². The molecule has 0 radical (unpaired) electrons. The number of Topliss-reactive ketones (excluding diaryl/α,β-unsaturated/α-hetero) is 2. The minimum absolute atomic E-state index is 0. The summed E-state index contributed by atoms with van der Waals surface area (Å²) in [5.41, 5.74) is 9.98. The smallest absolute Gasteiger partial charge is 0.306 e. The topological polar surface area (TPSA) is 150 Å². The molecule has 0 amide bonds. The first kappa shape index (κ1) is 30.4. The monoisotopic (exact) mass is 388 g/mol. The van der Waals surface area contributed by atoms with Crippen LogP contribution in [-0.4, -0.2) is 48.3 Å². The predicted molar refractivity (Wildman–Crippen MR) is 94.5 cm³/mol. The third kappa shape index (κ3) is 25.5. The van der Waals surface area contributed by atoms with Crippen molar-refractivity contribution in [3.8, 4) is 0 Å². The summed E-state index contributed by atoms with van der Waals surface area (Å²) in [4.78, 5) is 41.7. The molecule has 0 aliphatic heterocycles. The van der Waals surface area contributed by atoms with Crippen LogP contribution in [0.2, 0.25) is 0 Å². The molecule has 0 bridgehead atoms. The first-order valence-electron chi connectivity index (χ1n) is 6.79. The van der Waals surface area contributed by atoms with Gasteiger partial charge in [0.1, 0.15) is 18.2 Å². The van der Waals surface area contributed by atoms with E-state index in [0.29, 0.717) is 0 Å². The Bertz CT molecular complexity index is 403. The number of carbonyl (C=O) groups is 4. The zero-order valence-corrected chi connectivity index (χ0v) is 15.2. The van der Waals surface area contributed by atoms with E-state index in [1.165, 1.54) is 0 Å². The highest BCUT2D eigenvalue weighted by Gasteiger charge is 2.05. The number of nitrogens with two attached hydrogens (primary N) is 2. The van der Waals surface area contributed by atoms with Gasteiger partial charge in [-0.3, -0.25) is 19.2 Å². The Kier molecular flexibility index (Phi) is 27.3. The number of rotatable bonds is 10. The van der Waals surface area contributed by atoms with Crippen LogP contribution in [0.25, 0.3) is 0 Å². The van der Waals surface area contributed by atoms with E-state index in [1.807, 2.05) is 6.92 Å². The van der Waals surface area contributed by atoms with Crippen molar-refractivity contribution < 1.29 is 29.0 Å². The van der Waals surface area contributed by atoms with E-state index >= 15 is 0 Å². The van der Waals surface area contributed by atoms with Crippen molar-refractivity contribution in [2.24, 2.45) is 11.5 Å². The molecule has 8 nitrogen and oxygen atoms in total. The summed E-state index contributed by atoms with van der Waals surface area (Å²) < 4.78 is 4.76. The Balaban J connectivity index is -0.000000162. The van der Waals surface area contributed by atoms with Crippen molar-refractivity contribution >= 4 is 48.3 Å². The molecule has 0 aliphatic carbocycles. The molecule has 0 saturated heterocycles. The quantitative estimate of drug-likeness (QED) is 0.364. The average Bonchev–Trinajstić information content (AvgIpc) is 2.50. The minimum atomic E-state index is -0.961. The highest BCUT2D eigenvalue weighted by Crippen LogP contribution is 1.93. The fraction of sp³-hybridized carbons (Fsp3) is 0.571. The number of carboxylic acids is 1. The second-order valence-electron chi connectivity index (χ2n) is 4.13. The van der Waals surface area contributed by atoms with Gasteiger partial charge in [0.2, 0.25) is 0 Å². The lowest BCUT2D eigenvalue weighted by Gasteiger charge is -1.99. The molecule has 5 N–H and O–H groups in total. The minimum Gasteiger partial charge on any atom is -0.481 e. The van der Waals surface area contributed by atoms with Crippen LogP contribution in [0.1, 0.15) is 32.6 Å². The molecule has 0 heterocycles. The Labute approximate surface area is 153 Å². The van der Waals surface area contributed by atoms with E-state index in [2.05, 4.69) is 0 Å². The second kappa shape index (κ2) is 21.5. The van der Waals surface area contributed by atoms with Crippen molar-refractivity contribution in [1.29, 1.82) is 0 Å². The van der Waals surface area contributed by atoms with Crippen molar-refractivity contribution in [2.45, 2.75) is 32.6 Å². The Morgan fingerprint density at radius 2 is 1.38 bits per heavy atom. The summed E-state index contributed by atoms with van der Waals surface area (Å²) in [7, 11) is 0. The van der Waals surface area contributed by atoms with Crippen molar-refractivity contribution in [3.63, 3.8) is 0 Å². The van der Waals surface area contributed by atoms with Gasteiger partial charge < -0.3 is 21.3 Å². The zero-order chi connectivity index (χ0) is 17.4. The Morgan fingerprint density at radius 3 is 1.75 bits per heavy atom. The third-order valence-corrected chi connectivity index (χ3v) is 2.26. The van der Waals surface area contributed by atoms with E-state index in [9.17, 15) is 19.2 Å². The first-order chi connectivity index (χ1) is 10.4. The van der Waals surface area contributed by atoms with Crippen LogP contribution in [0.4, 0.5) is 0 Å². The maximum atomic E-state index is 10.9. The molecule has 0 unspecified atom stereocenters. The molecule has 0 aliphatic rings. The number of ether oxygens (including phenoxy) is 1. The summed E-state index contributed by atoms with van der Waals surface area (Å²) in [5.74, 6) is -1.66. The second-order valence-corrected chi connectivity index (χ2v) is 4.13. The fourth-order valence-electron chi connectivity index (χ4n) is 1.00. The first-order valence-corrected chi connectivity index (χ1v) is 6.79. The van der Waals surface area contributed by atoms with Gasteiger partial charge in [0, 0.05) is 12.8 Å². The van der Waals surface area contributed by atoms with Gasteiger partial charge in [-0.15, -0.1) is 24.8 Å². The summed E-state index contributed by atoms with van der Waals surface area (Å²) in [6.45, 7) is 2.04. The molecule has 0 atom stereocenters. The molecular formula is C14H26Cl2N2O6. The molecule has 0 spiro atoms. The molecule has 0 saturated carbocycles. The van der Waals surface area contributed by atoms with Crippen LogP contribution in [0, 0.1) is 0 Å². The lowest BCUT2D eigenvalue weighted by Crippen LogP contribution is -2.15. The van der Waals surface area contributed by atoms with E-state index in [0.717, 1.165) is 0 Å². The number of carbonyl (C=O) groups excluding carboxylic acids is 3. The van der Waals surface area contributed by atoms with Gasteiger partial charge in [0.15, 0.2) is 0 Å². The summed E-state index contributed by atoms with van der Waals surface area (Å²) in [6.07, 6.45) is 3.74. The van der Waals surface area contributed by atoms with Crippen LogP contribution in [-0.2, 0) is 23.9 Å². The van der Waals surface area contributed by atoms with Gasteiger partial charge in [-0.2, -0.15) is 0 Å². The number of ketones is 2. The van der Waals surface area contributed by atoms with Crippen LogP contribution in [0.15, 0.2) is 12.2 Å². The Hall–Kier alpha value is -1.48. The molecule has 0 aromatic rings. The molecule has 24 heavy (non-hydrogen) atoms. The van der Waals surface area contributed by atoms with Gasteiger partial charge in [-0.05, 0) is 6.92 Å². The van der Waals surface area contributed by atoms with Crippen molar-refractivity contribution in [2.75, 3.05) is 19.7 Å². The predicted octanol–water partition coefficient (Wildman–Crippen LogP) is 0.636. The maximum absolute atomic E-state index is 10.9. The molecule has 10 heteroatoms. The number of hydrogen-bond acceptors (Lipinski definition) is 7. The molecule has 0 aromatic carbocycles. The largest absolute Gasteiger partial charge is 0.481 e. The van der Waals surface area contributed by atoms with Gasteiger partial charge in [-0.1, -0.05) is 12.2 Å². The van der Waals surface area contributed by atoms with Gasteiger partial charge in [0.05, 0.1) is 25.9 Å². The number of carboxylic acid groups (broad SMARTS) is 1. The highest BCUT2D eigenvalue weighted by molar-refractivity contribution is 5.86. The number of halogens is 2. The van der Waals surface area contributed by atoms with E-state index < -0.39 is 5.97 Å². The van der Waals surface area contributed by atoms with Gasteiger partial charge in [-0.25, -0.2) is 0 Å². The average molecular weight is 389 g/mol. The summed E-state index contributed by atoms with van der Waals surface area (Å²) in [6, 6.07) is 0. The third-order valence-electron chi connectivity index (χ3n) is 2.26. The number of hydrogen-bond donors (Lipinski definition) is 3. The van der Waals surface area contributed by atoms with Crippen LogP contribution < -0.4 is 11.5 Å². The maximum Gasteiger partial charge on any atom is 0.306 e. The zero-order valence-electron chi connectivity index (χ0n) is 13.6. The fourth-order valence-corrected chi connectivity index (χ4v) is 1.00. The van der Waals surface area contributed by atoms with Crippen molar-refractivity contribution in [1.82, 2.24) is 0 Å². The standard InChI is InChI=1S/C9H15NO3.C5H9NO3.2ClH/c1-2-3-6-13-9(12)5-4-8(11)7-10;6-3-4(7)1-2-5(8)9;;/h2-3H,4-7,10H2,1H3;1-3,6H2,(H,8,9);2*1H/b3-2+;;;. The van der Waals surface area contributed by atoms with Crippen LogP contribution in [0.3, 0.4) is 0 Å². The number of aliphatic carboxylic acids is 1. The van der Waals surface area contributed by atoms with Gasteiger partial charge in [0.25, 0.3) is 0 Å². The number of esters is 1. The molecule has 0 fully saturated rings. The highest BCUT2D eigenvalue weighted by atomic mass is 35.5. The van der Waals surface area contributed by atoms with E-state index in [1.54, 1.807) is 12.2 Å². The molecular weight excluding hydrogens is 363 g/mol. The molecule has 142 valence electrons. The number of allylic oxidation sites excluding steroid dienone is 1. The summed E-state index contributed by atoms with van der Waals surface area (Å²) >= 11 is 0. The molecule has 0 rings (SSSR count).